The highest BCUT2D eigenvalue weighted by atomic mass is 32.2. The van der Waals surface area contributed by atoms with Gasteiger partial charge in [-0.2, -0.15) is 0 Å². The maximum atomic E-state index is 12.7. The van der Waals surface area contributed by atoms with Crippen LogP contribution < -0.4 is 14.8 Å². The molecule has 1 heterocycles. The standard InChI is InChI=1S/C20H21NO3S/c22-20(14-9-10-17-18(13-14)24-12-11-23-17)21-16-7-3-4-8-19(16)25-15-5-1-2-6-15/h3-4,7-10,13,15H,1-2,5-6,11-12H2,(H,21,22). The summed E-state index contributed by atoms with van der Waals surface area (Å²) in [5.41, 5.74) is 1.45. The molecule has 0 radical (unpaired) electrons. The third-order valence-electron chi connectivity index (χ3n) is 4.54. The number of nitrogens with one attached hydrogen (secondary N) is 1. The van der Waals surface area contributed by atoms with Gasteiger partial charge >= 0.3 is 0 Å². The molecule has 1 fully saturated rings. The van der Waals surface area contributed by atoms with Crippen LogP contribution in [0.1, 0.15) is 36.0 Å². The van der Waals surface area contributed by atoms with Gasteiger partial charge < -0.3 is 14.8 Å². The Hall–Kier alpha value is -2.14. The van der Waals surface area contributed by atoms with E-state index in [1.165, 1.54) is 25.7 Å². The normalized spacial score (nSPS) is 16.6. The van der Waals surface area contributed by atoms with Crippen LogP contribution in [0.25, 0.3) is 0 Å². The Labute approximate surface area is 151 Å². The molecule has 4 rings (SSSR count). The van der Waals surface area contributed by atoms with E-state index in [4.69, 9.17) is 9.47 Å². The molecule has 1 N–H and O–H groups in total. The highest BCUT2D eigenvalue weighted by molar-refractivity contribution is 8.00. The van der Waals surface area contributed by atoms with Crippen molar-refractivity contribution in [3.63, 3.8) is 0 Å². The van der Waals surface area contributed by atoms with E-state index >= 15 is 0 Å². The van der Waals surface area contributed by atoms with E-state index in [1.807, 2.05) is 30.0 Å². The van der Waals surface area contributed by atoms with E-state index in [9.17, 15) is 4.79 Å². The van der Waals surface area contributed by atoms with Crippen LogP contribution in [-0.2, 0) is 0 Å². The number of amides is 1. The van der Waals surface area contributed by atoms with Gasteiger partial charge in [-0.25, -0.2) is 0 Å². The van der Waals surface area contributed by atoms with Crippen molar-refractivity contribution in [2.75, 3.05) is 18.5 Å². The van der Waals surface area contributed by atoms with E-state index in [2.05, 4.69) is 11.4 Å². The molecule has 25 heavy (non-hydrogen) atoms. The summed E-state index contributed by atoms with van der Waals surface area (Å²) in [6.07, 6.45) is 5.14. The predicted octanol–water partition coefficient (Wildman–Crippen LogP) is 4.74. The van der Waals surface area contributed by atoms with Crippen molar-refractivity contribution in [2.24, 2.45) is 0 Å². The number of hydrogen-bond acceptors (Lipinski definition) is 4. The molecule has 0 aromatic heterocycles. The molecule has 2 aromatic carbocycles. The number of thioether (sulfide) groups is 1. The molecule has 1 aliphatic carbocycles. The van der Waals surface area contributed by atoms with Crippen molar-refractivity contribution in [2.45, 2.75) is 35.8 Å². The van der Waals surface area contributed by atoms with E-state index < -0.39 is 0 Å². The van der Waals surface area contributed by atoms with Gasteiger partial charge in [-0.1, -0.05) is 25.0 Å². The Balaban J connectivity index is 1.50. The topological polar surface area (TPSA) is 47.6 Å². The van der Waals surface area contributed by atoms with Crippen LogP contribution in [0.5, 0.6) is 11.5 Å². The Morgan fingerprint density at radius 2 is 1.76 bits per heavy atom. The third kappa shape index (κ3) is 3.76. The van der Waals surface area contributed by atoms with Crippen LogP contribution in [0.3, 0.4) is 0 Å². The summed E-state index contributed by atoms with van der Waals surface area (Å²) in [5.74, 6) is 1.20. The Morgan fingerprint density at radius 3 is 2.60 bits per heavy atom. The molecule has 1 saturated carbocycles. The molecule has 4 nitrogen and oxygen atoms in total. The molecule has 0 saturated heterocycles. The first-order valence-electron chi connectivity index (χ1n) is 8.76. The summed E-state index contributed by atoms with van der Waals surface area (Å²) in [6, 6.07) is 13.3. The fourth-order valence-electron chi connectivity index (χ4n) is 3.24. The van der Waals surface area contributed by atoms with Crippen LogP contribution in [-0.4, -0.2) is 24.4 Å². The van der Waals surface area contributed by atoms with E-state index in [-0.39, 0.29) is 5.91 Å². The number of carbonyl (C=O) groups is 1. The highest BCUT2D eigenvalue weighted by Crippen LogP contribution is 2.38. The summed E-state index contributed by atoms with van der Waals surface area (Å²) in [4.78, 5) is 13.8. The second-order valence-corrected chi connectivity index (χ2v) is 7.68. The van der Waals surface area contributed by atoms with Crippen molar-refractivity contribution in [1.29, 1.82) is 0 Å². The summed E-state index contributed by atoms with van der Waals surface area (Å²) in [6.45, 7) is 1.06. The SMILES string of the molecule is O=C(Nc1ccccc1SC1CCCC1)c1ccc2c(c1)OCCO2. The molecule has 2 aliphatic rings. The van der Waals surface area contributed by atoms with E-state index in [0.717, 1.165) is 10.6 Å². The van der Waals surface area contributed by atoms with Crippen molar-refractivity contribution >= 4 is 23.4 Å². The number of ether oxygens (including phenoxy) is 2. The number of para-hydroxylation sites is 1. The number of hydrogen-bond donors (Lipinski definition) is 1. The molecule has 0 unspecified atom stereocenters. The lowest BCUT2D eigenvalue weighted by molar-refractivity contribution is 0.102. The van der Waals surface area contributed by atoms with Crippen molar-refractivity contribution < 1.29 is 14.3 Å². The fraction of sp³-hybridized carbons (Fsp3) is 0.350. The number of carbonyl (C=O) groups excluding carboxylic acids is 1. The van der Waals surface area contributed by atoms with Gasteiger partial charge in [0.2, 0.25) is 0 Å². The molecular weight excluding hydrogens is 334 g/mol. The zero-order chi connectivity index (χ0) is 17.1. The number of anilines is 1. The van der Waals surface area contributed by atoms with E-state index in [1.54, 1.807) is 18.2 Å². The van der Waals surface area contributed by atoms with Gasteiger partial charge in [-0.05, 0) is 43.2 Å². The van der Waals surface area contributed by atoms with Crippen LogP contribution in [0.15, 0.2) is 47.4 Å². The molecule has 5 heteroatoms. The van der Waals surface area contributed by atoms with Gasteiger partial charge in [0, 0.05) is 15.7 Å². The van der Waals surface area contributed by atoms with E-state index in [0.29, 0.717) is 35.5 Å². The lowest BCUT2D eigenvalue weighted by atomic mass is 10.1. The molecule has 1 aliphatic heterocycles. The quantitative estimate of drug-likeness (QED) is 0.860. The van der Waals surface area contributed by atoms with Crippen LogP contribution >= 0.6 is 11.8 Å². The number of benzene rings is 2. The van der Waals surface area contributed by atoms with Crippen molar-refractivity contribution in [1.82, 2.24) is 0 Å². The average molecular weight is 355 g/mol. The molecule has 130 valence electrons. The molecule has 0 spiro atoms. The minimum atomic E-state index is -0.128. The first kappa shape index (κ1) is 16.3. The average Bonchev–Trinajstić information content (AvgIpc) is 3.16. The molecule has 2 aromatic rings. The third-order valence-corrected chi connectivity index (χ3v) is 5.95. The zero-order valence-electron chi connectivity index (χ0n) is 14.0. The van der Waals surface area contributed by atoms with Gasteiger partial charge in [0.25, 0.3) is 5.91 Å². The predicted molar refractivity (Wildman–Crippen MR) is 99.9 cm³/mol. The Kier molecular flexibility index (Phi) is 4.83. The zero-order valence-corrected chi connectivity index (χ0v) is 14.8. The van der Waals surface area contributed by atoms with Crippen LogP contribution in [0, 0.1) is 0 Å². The first-order valence-corrected chi connectivity index (χ1v) is 9.64. The van der Waals surface area contributed by atoms with Crippen molar-refractivity contribution in [3.05, 3.63) is 48.0 Å². The number of fused-ring (bicyclic) bond motifs is 1. The largest absolute Gasteiger partial charge is 0.486 e. The molecule has 0 atom stereocenters. The van der Waals surface area contributed by atoms with Crippen LogP contribution in [0.2, 0.25) is 0 Å². The summed E-state index contributed by atoms with van der Waals surface area (Å²) in [5, 5.41) is 3.71. The summed E-state index contributed by atoms with van der Waals surface area (Å²) >= 11 is 1.88. The molecular formula is C20H21NO3S. The Morgan fingerprint density at radius 1 is 1.00 bits per heavy atom. The van der Waals surface area contributed by atoms with Gasteiger partial charge in [-0.3, -0.25) is 4.79 Å². The summed E-state index contributed by atoms with van der Waals surface area (Å²) < 4.78 is 11.1. The van der Waals surface area contributed by atoms with Gasteiger partial charge in [0.05, 0.1) is 5.69 Å². The van der Waals surface area contributed by atoms with Gasteiger partial charge in [0.1, 0.15) is 13.2 Å². The maximum Gasteiger partial charge on any atom is 0.255 e. The van der Waals surface area contributed by atoms with Gasteiger partial charge in [0.15, 0.2) is 11.5 Å². The second-order valence-electron chi connectivity index (χ2n) is 6.33. The lowest BCUT2D eigenvalue weighted by Gasteiger charge is -2.19. The maximum absolute atomic E-state index is 12.7. The van der Waals surface area contributed by atoms with Gasteiger partial charge in [-0.15, -0.1) is 11.8 Å². The minimum Gasteiger partial charge on any atom is -0.486 e. The molecule has 1 amide bonds. The first-order chi connectivity index (χ1) is 12.3. The Bertz CT molecular complexity index is 771. The smallest absolute Gasteiger partial charge is 0.255 e. The monoisotopic (exact) mass is 355 g/mol. The number of rotatable bonds is 4. The second kappa shape index (κ2) is 7.40. The fourth-order valence-corrected chi connectivity index (χ4v) is 4.57. The molecule has 0 bridgehead atoms. The minimum absolute atomic E-state index is 0.128. The van der Waals surface area contributed by atoms with Crippen molar-refractivity contribution in [3.8, 4) is 11.5 Å². The highest BCUT2D eigenvalue weighted by Gasteiger charge is 2.19. The van der Waals surface area contributed by atoms with Crippen LogP contribution in [0.4, 0.5) is 5.69 Å². The summed E-state index contributed by atoms with van der Waals surface area (Å²) in [7, 11) is 0. The lowest BCUT2D eigenvalue weighted by Crippen LogP contribution is -2.17.